The summed E-state index contributed by atoms with van der Waals surface area (Å²) in [5.74, 6) is -2.77. The minimum atomic E-state index is -0.760. The van der Waals surface area contributed by atoms with Crippen LogP contribution in [0.15, 0.2) is 59.9 Å². The number of nitrogens with zero attached hydrogens (tertiary/aromatic N) is 1. The number of carbonyl (C=O) groups is 3. The molecule has 0 spiro atoms. The number of benzene rings is 2. The molecule has 0 saturated carbocycles. The highest BCUT2D eigenvalue weighted by Crippen LogP contribution is 2.55. The Balaban J connectivity index is 1.52. The molecule has 1 N–H and O–H groups in total. The van der Waals surface area contributed by atoms with E-state index >= 15 is 0 Å². The quantitative estimate of drug-likeness (QED) is 0.212. The van der Waals surface area contributed by atoms with Crippen LogP contribution in [0.5, 0.6) is 11.5 Å². The molecule has 1 saturated heterocycles. The number of allylic oxidation sites excluding steroid dienone is 4. The van der Waals surface area contributed by atoms with E-state index in [-0.39, 0.29) is 24.8 Å². The Morgan fingerprint density at radius 2 is 1.78 bits per heavy atom. The number of non-ortho nitro benzene ring substituents is 1. The monoisotopic (exact) mass is 504 g/mol. The lowest BCUT2D eigenvalue weighted by molar-refractivity contribution is -0.384. The molecule has 11 nitrogen and oxygen atoms in total. The van der Waals surface area contributed by atoms with Crippen LogP contribution in [0.25, 0.3) is 0 Å². The summed E-state index contributed by atoms with van der Waals surface area (Å²) in [4.78, 5) is 48.7. The second-order valence-electron chi connectivity index (χ2n) is 9.11. The number of ketones is 2. The lowest BCUT2D eigenvalue weighted by Crippen LogP contribution is -2.38. The Hall–Kier alpha value is -4.67. The molecule has 37 heavy (non-hydrogen) atoms. The number of nitro benzene ring substituents is 1. The highest BCUT2D eigenvalue weighted by Gasteiger charge is 2.53. The van der Waals surface area contributed by atoms with E-state index in [0.717, 1.165) is 5.56 Å². The predicted molar refractivity (Wildman–Crippen MR) is 126 cm³/mol. The third kappa shape index (κ3) is 3.62. The van der Waals surface area contributed by atoms with Crippen molar-refractivity contribution in [2.75, 3.05) is 25.8 Å². The first-order valence-corrected chi connectivity index (χ1v) is 11.5. The van der Waals surface area contributed by atoms with Crippen LogP contribution < -0.4 is 14.8 Å². The van der Waals surface area contributed by atoms with Crippen molar-refractivity contribution in [1.29, 1.82) is 0 Å². The maximum Gasteiger partial charge on any atom is 0.310 e. The number of nitrogens with one attached hydrogen (secondary N) is 1. The zero-order valence-corrected chi connectivity index (χ0v) is 19.5. The van der Waals surface area contributed by atoms with Gasteiger partial charge in [0.25, 0.3) is 11.5 Å². The van der Waals surface area contributed by atoms with E-state index in [2.05, 4.69) is 5.32 Å². The fourth-order valence-electron chi connectivity index (χ4n) is 5.56. The molecule has 188 valence electrons. The molecule has 0 unspecified atom stereocenters. The summed E-state index contributed by atoms with van der Waals surface area (Å²) in [6.07, 6.45) is 2.72. The van der Waals surface area contributed by atoms with Gasteiger partial charge in [0.2, 0.25) is 12.6 Å². The van der Waals surface area contributed by atoms with Crippen molar-refractivity contribution in [3.05, 3.63) is 81.1 Å². The first-order valence-electron chi connectivity index (χ1n) is 11.5. The van der Waals surface area contributed by atoms with Crippen molar-refractivity contribution < 1.29 is 38.3 Å². The molecule has 6 rings (SSSR count). The van der Waals surface area contributed by atoms with Crippen molar-refractivity contribution in [2.24, 2.45) is 11.8 Å². The van der Waals surface area contributed by atoms with Crippen molar-refractivity contribution in [3.8, 4) is 11.5 Å². The number of hydrogen-bond acceptors (Lipinski definition) is 10. The fraction of sp³-hybridized carbons (Fsp3) is 0.269. The summed E-state index contributed by atoms with van der Waals surface area (Å²) in [6.45, 7) is 0.131. The first-order chi connectivity index (χ1) is 17.9. The molecule has 4 atom stereocenters. The van der Waals surface area contributed by atoms with E-state index in [1.807, 2.05) is 6.07 Å². The van der Waals surface area contributed by atoms with E-state index in [1.165, 1.54) is 31.4 Å². The van der Waals surface area contributed by atoms with Crippen molar-refractivity contribution in [2.45, 2.75) is 12.0 Å². The van der Waals surface area contributed by atoms with Gasteiger partial charge in [0, 0.05) is 29.7 Å². The Bertz CT molecular complexity index is 1440. The van der Waals surface area contributed by atoms with Gasteiger partial charge in [0.15, 0.2) is 17.3 Å². The van der Waals surface area contributed by atoms with Gasteiger partial charge in [-0.15, -0.1) is 0 Å². The van der Waals surface area contributed by atoms with Crippen molar-refractivity contribution >= 4 is 28.9 Å². The highest BCUT2D eigenvalue weighted by molar-refractivity contribution is 6.47. The maximum atomic E-state index is 13.1. The van der Waals surface area contributed by atoms with Crippen molar-refractivity contribution in [1.82, 2.24) is 0 Å². The molecular formula is C26H20N2O9. The van der Waals surface area contributed by atoms with Gasteiger partial charge in [0.1, 0.15) is 0 Å². The molecule has 1 fully saturated rings. The standard InChI is InChI=1S/C26H20N2O9/c1-34-21-6-12(5-18(29)25(21)30)22-15-8-19-20(37-11-36-19)9-16(15)24(17-10-35-26(31)23(17)22)27-13-3-2-4-14(7-13)28(32)33/h2-9,17,22-24,27H,10-11H2,1H3/t17-,22+,23-,24+/m0/s1. The number of fused-ring (bicyclic) bond motifs is 3. The molecule has 2 aliphatic carbocycles. The summed E-state index contributed by atoms with van der Waals surface area (Å²) in [5.41, 5.74) is 2.32. The molecule has 2 aromatic carbocycles. The molecule has 0 radical (unpaired) electrons. The number of carbonyl (C=O) groups excluding carboxylic acids is 3. The van der Waals surface area contributed by atoms with E-state index < -0.39 is 46.3 Å². The molecule has 2 aromatic rings. The average Bonchev–Trinajstić information content (AvgIpc) is 3.51. The number of ether oxygens (including phenoxy) is 4. The van der Waals surface area contributed by atoms with Crippen LogP contribution in [0.2, 0.25) is 0 Å². The van der Waals surface area contributed by atoms with Crippen LogP contribution >= 0.6 is 0 Å². The number of nitro groups is 1. The SMILES string of the molecule is COC1=CC([C@@H]2c3cc4c(cc3[C@@H](Nc3cccc([N+](=O)[O-])c3)[C@H]3COC(=O)[C@@H]32)OCO4)=CC(=O)C1=O. The van der Waals surface area contributed by atoms with Crippen LogP contribution in [-0.4, -0.2) is 43.0 Å². The zero-order valence-electron chi connectivity index (χ0n) is 19.5. The minimum absolute atomic E-state index is 0.0319. The van der Waals surface area contributed by atoms with E-state index in [0.29, 0.717) is 28.3 Å². The van der Waals surface area contributed by atoms with Gasteiger partial charge in [0.05, 0.1) is 30.6 Å². The zero-order chi connectivity index (χ0) is 25.8. The van der Waals surface area contributed by atoms with Gasteiger partial charge in [-0.2, -0.15) is 0 Å². The van der Waals surface area contributed by atoms with Crippen LogP contribution in [0.1, 0.15) is 23.1 Å². The molecule has 0 aromatic heterocycles. The summed E-state index contributed by atoms with van der Waals surface area (Å²) in [7, 11) is 1.30. The summed E-state index contributed by atoms with van der Waals surface area (Å²) in [5, 5.41) is 14.7. The minimum Gasteiger partial charge on any atom is -0.492 e. The van der Waals surface area contributed by atoms with Crippen LogP contribution in [0.4, 0.5) is 11.4 Å². The summed E-state index contributed by atoms with van der Waals surface area (Å²) >= 11 is 0. The van der Waals surface area contributed by atoms with Crippen LogP contribution in [0, 0.1) is 22.0 Å². The Morgan fingerprint density at radius 1 is 1.03 bits per heavy atom. The second kappa shape index (κ2) is 8.47. The van der Waals surface area contributed by atoms with Gasteiger partial charge in [-0.05, 0) is 47.1 Å². The van der Waals surface area contributed by atoms with Gasteiger partial charge in [-0.3, -0.25) is 24.5 Å². The number of rotatable bonds is 5. The third-order valence-corrected chi connectivity index (χ3v) is 7.19. The molecule has 4 aliphatic rings. The highest BCUT2D eigenvalue weighted by atomic mass is 16.7. The Kier molecular flexibility index (Phi) is 5.21. The average molecular weight is 504 g/mol. The molecular weight excluding hydrogens is 484 g/mol. The second-order valence-corrected chi connectivity index (χ2v) is 9.11. The smallest absolute Gasteiger partial charge is 0.310 e. The third-order valence-electron chi connectivity index (χ3n) is 7.19. The number of methoxy groups -OCH3 is 1. The van der Waals surface area contributed by atoms with Gasteiger partial charge < -0.3 is 24.3 Å². The van der Waals surface area contributed by atoms with Crippen LogP contribution in [0.3, 0.4) is 0 Å². The largest absolute Gasteiger partial charge is 0.492 e. The van der Waals surface area contributed by atoms with E-state index in [4.69, 9.17) is 18.9 Å². The molecule has 2 heterocycles. The lowest BCUT2D eigenvalue weighted by atomic mass is 9.64. The van der Waals surface area contributed by atoms with Gasteiger partial charge in [-0.25, -0.2) is 0 Å². The molecule has 0 bridgehead atoms. The number of cyclic esters (lactones) is 1. The Morgan fingerprint density at radius 3 is 2.51 bits per heavy atom. The van der Waals surface area contributed by atoms with E-state index in [1.54, 1.807) is 18.2 Å². The first kappa shape index (κ1) is 22.8. The summed E-state index contributed by atoms with van der Waals surface area (Å²) in [6, 6.07) is 9.21. The normalized spacial score (nSPS) is 25.5. The fourth-order valence-corrected chi connectivity index (χ4v) is 5.56. The maximum absolute atomic E-state index is 13.1. The summed E-state index contributed by atoms with van der Waals surface area (Å²) < 4.78 is 21.9. The number of esters is 1. The molecule has 2 aliphatic heterocycles. The number of anilines is 1. The van der Waals surface area contributed by atoms with Gasteiger partial charge in [-0.1, -0.05) is 6.07 Å². The van der Waals surface area contributed by atoms with E-state index in [9.17, 15) is 24.5 Å². The van der Waals surface area contributed by atoms with Crippen molar-refractivity contribution in [3.63, 3.8) is 0 Å². The predicted octanol–water partition coefficient (Wildman–Crippen LogP) is 2.97. The number of Topliss-reactive ketones (excluding diaryl/α,β-unsaturated/α-hetero) is 1. The lowest BCUT2D eigenvalue weighted by Gasteiger charge is -2.40. The Labute approximate surface area is 209 Å². The number of hydrogen-bond donors (Lipinski definition) is 1. The van der Waals surface area contributed by atoms with Gasteiger partial charge >= 0.3 is 5.97 Å². The van der Waals surface area contributed by atoms with Crippen LogP contribution in [-0.2, 0) is 23.9 Å². The molecule has 11 heteroatoms. The molecule has 0 amide bonds. The topological polar surface area (TPSA) is 143 Å².